The lowest BCUT2D eigenvalue weighted by atomic mass is 9.95. The molecule has 0 saturated carbocycles. The highest BCUT2D eigenvalue weighted by Crippen LogP contribution is 2.43. The molecule has 122 valence electrons. The Morgan fingerprint density at radius 1 is 1.09 bits per heavy atom. The van der Waals surface area contributed by atoms with Gasteiger partial charge in [0.2, 0.25) is 0 Å². The molecule has 2 aromatic carbocycles. The van der Waals surface area contributed by atoms with E-state index in [1.807, 2.05) is 12.1 Å². The van der Waals surface area contributed by atoms with E-state index in [1.54, 1.807) is 0 Å². The van der Waals surface area contributed by atoms with E-state index in [9.17, 15) is 0 Å². The Balaban J connectivity index is 2.18. The average molecular weight is 350 g/mol. The molecular weight excluding hydrogens is 329 g/mol. The van der Waals surface area contributed by atoms with Gasteiger partial charge in [0.1, 0.15) is 5.75 Å². The number of fused-ring (bicyclic) bond motifs is 1. The van der Waals surface area contributed by atoms with Gasteiger partial charge in [0.15, 0.2) is 6.23 Å². The third kappa shape index (κ3) is 3.21. The molecule has 23 heavy (non-hydrogen) atoms. The van der Waals surface area contributed by atoms with Crippen molar-refractivity contribution in [2.24, 2.45) is 5.73 Å². The first-order valence-electron chi connectivity index (χ1n) is 8.09. The first-order chi connectivity index (χ1) is 11.0. The Kier molecular flexibility index (Phi) is 4.86. The van der Waals surface area contributed by atoms with Crippen LogP contribution in [0, 0.1) is 0 Å². The molecule has 2 aromatic rings. The quantitative estimate of drug-likeness (QED) is 0.802. The number of aryl methyl sites for hydroxylation is 2. The third-order valence-corrected chi connectivity index (χ3v) is 4.93. The van der Waals surface area contributed by atoms with E-state index in [4.69, 9.17) is 33.7 Å². The zero-order valence-corrected chi connectivity index (χ0v) is 15.0. The zero-order valence-electron chi connectivity index (χ0n) is 13.5. The van der Waals surface area contributed by atoms with Crippen LogP contribution in [-0.4, -0.2) is 6.23 Å². The van der Waals surface area contributed by atoms with Gasteiger partial charge >= 0.3 is 0 Å². The van der Waals surface area contributed by atoms with Gasteiger partial charge in [-0.3, -0.25) is 5.73 Å². The molecule has 1 aliphatic heterocycles. The molecule has 1 atom stereocenters. The molecule has 2 nitrogen and oxygen atoms in total. The molecule has 0 spiro atoms. The van der Waals surface area contributed by atoms with Crippen LogP contribution in [0.25, 0.3) is 11.1 Å². The summed E-state index contributed by atoms with van der Waals surface area (Å²) in [5, 5.41) is 1.44. The lowest BCUT2D eigenvalue weighted by Crippen LogP contribution is -2.24. The van der Waals surface area contributed by atoms with E-state index in [0.29, 0.717) is 5.02 Å². The van der Waals surface area contributed by atoms with E-state index in [-0.39, 0.29) is 6.23 Å². The van der Waals surface area contributed by atoms with E-state index >= 15 is 0 Å². The van der Waals surface area contributed by atoms with Crippen molar-refractivity contribution in [1.29, 1.82) is 0 Å². The number of nitrogens with two attached hydrogens (primary N) is 1. The van der Waals surface area contributed by atoms with E-state index < -0.39 is 0 Å². The fraction of sp³-hybridized carbons (Fsp3) is 0.368. The lowest BCUT2D eigenvalue weighted by Gasteiger charge is -2.15. The maximum absolute atomic E-state index is 6.54. The minimum atomic E-state index is -0.287. The Morgan fingerprint density at radius 3 is 2.57 bits per heavy atom. The molecule has 1 aliphatic rings. The number of hydrogen-bond acceptors (Lipinski definition) is 2. The van der Waals surface area contributed by atoms with Gasteiger partial charge in [-0.05, 0) is 42.2 Å². The van der Waals surface area contributed by atoms with Gasteiger partial charge in [0.05, 0.1) is 0 Å². The summed E-state index contributed by atoms with van der Waals surface area (Å²) in [5.41, 5.74) is 11.4. The van der Waals surface area contributed by atoms with Crippen molar-refractivity contribution in [3.05, 3.63) is 51.0 Å². The van der Waals surface area contributed by atoms with Crippen LogP contribution >= 0.6 is 23.2 Å². The van der Waals surface area contributed by atoms with Crippen molar-refractivity contribution in [3.8, 4) is 16.9 Å². The largest absolute Gasteiger partial charge is 0.474 e. The minimum Gasteiger partial charge on any atom is -0.474 e. The average Bonchev–Trinajstić information content (AvgIpc) is 2.89. The molecule has 3 rings (SSSR count). The van der Waals surface area contributed by atoms with Crippen LogP contribution in [-0.2, 0) is 19.3 Å². The van der Waals surface area contributed by atoms with Crippen LogP contribution in [0.4, 0.5) is 0 Å². The maximum atomic E-state index is 6.54. The van der Waals surface area contributed by atoms with Gasteiger partial charge in [-0.15, -0.1) is 0 Å². The second-order valence-corrected chi connectivity index (χ2v) is 6.83. The monoisotopic (exact) mass is 349 g/mol. The molecule has 0 amide bonds. The van der Waals surface area contributed by atoms with Crippen molar-refractivity contribution in [2.45, 2.75) is 45.8 Å². The van der Waals surface area contributed by atoms with Crippen LogP contribution < -0.4 is 10.5 Å². The van der Waals surface area contributed by atoms with Gasteiger partial charge in [0, 0.05) is 33.2 Å². The normalized spacial score (nSPS) is 16.3. The van der Waals surface area contributed by atoms with Gasteiger partial charge < -0.3 is 4.74 Å². The minimum absolute atomic E-state index is 0.287. The van der Waals surface area contributed by atoms with Gasteiger partial charge in [-0.1, -0.05) is 49.5 Å². The first-order valence-corrected chi connectivity index (χ1v) is 8.85. The molecule has 2 N–H and O–H groups in total. The number of hydrogen-bond donors (Lipinski definition) is 1. The first kappa shape index (κ1) is 16.6. The number of ether oxygens (including phenoxy) is 1. The highest BCUT2D eigenvalue weighted by atomic mass is 35.5. The summed E-state index contributed by atoms with van der Waals surface area (Å²) in [5.74, 6) is 0.847. The second-order valence-electron chi connectivity index (χ2n) is 6.02. The third-order valence-electron chi connectivity index (χ3n) is 4.26. The number of rotatable bonds is 4. The molecule has 0 radical (unpaired) electrons. The highest BCUT2D eigenvalue weighted by molar-refractivity contribution is 6.36. The highest BCUT2D eigenvalue weighted by Gasteiger charge is 2.25. The zero-order chi connectivity index (χ0) is 16.6. The molecule has 0 fully saturated rings. The molecule has 0 saturated heterocycles. The standard InChI is InChI=1S/C19H21Cl2NO/c1-3-5-11-6-13-9-18(22)23-19(13)15(7-11)14-10-16(20)12(4-2)8-17(14)21/h6-8,10,18H,3-5,9,22H2,1-2H3. The van der Waals surface area contributed by atoms with Crippen LogP contribution in [0.5, 0.6) is 5.75 Å². The lowest BCUT2D eigenvalue weighted by molar-refractivity contribution is 0.242. The predicted octanol–water partition coefficient (Wildman–Crippen LogP) is 5.40. The van der Waals surface area contributed by atoms with Gasteiger partial charge in [0.25, 0.3) is 0 Å². The predicted molar refractivity (Wildman–Crippen MR) is 97.6 cm³/mol. The van der Waals surface area contributed by atoms with Gasteiger partial charge in [-0.2, -0.15) is 0 Å². The molecule has 4 heteroatoms. The topological polar surface area (TPSA) is 35.2 Å². The summed E-state index contributed by atoms with van der Waals surface area (Å²) in [4.78, 5) is 0. The Labute approximate surface area is 147 Å². The fourth-order valence-corrected chi connectivity index (χ4v) is 3.74. The summed E-state index contributed by atoms with van der Waals surface area (Å²) in [6.07, 6.45) is 3.42. The smallest absolute Gasteiger partial charge is 0.151 e. The Bertz CT molecular complexity index is 743. The molecular formula is C19H21Cl2NO. The number of benzene rings is 2. The van der Waals surface area contributed by atoms with Crippen molar-refractivity contribution in [1.82, 2.24) is 0 Å². The fourth-order valence-electron chi connectivity index (χ4n) is 3.15. The Hall–Kier alpha value is -1.22. The van der Waals surface area contributed by atoms with Crippen molar-refractivity contribution < 1.29 is 4.74 Å². The van der Waals surface area contributed by atoms with Gasteiger partial charge in [-0.25, -0.2) is 0 Å². The van der Waals surface area contributed by atoms with E-state index in [1.165, 1.54) is 5.56 Å². The molecule has 1 heterocycles. The summed E-state index contributed by atoms with van der Waals surface area (Å²) in [7, 11) is 0. The van der Waals surface area contributed by atoms with E-state index in [2.05, 4.69) is 26.0 Å². The van der Waals surface area contributed by atoms with Crippen LogP contribution in [0.3, 0.4) is 0 Å². The van der Waals surface area contributed by atoms with Crippen LogP contribution in [0.2, 0.25) is 10.0 Å². The van der Waals surface area contributed by atoms with Crippen LogP contribution in [0.15, 0.2) is 24.3 Å². The number of halogens is 2. The van der Waals surface area contributed by atoms with Crippen molar-refractivity contribution in [3.63, 3.8) is 0 Å². The summed E-state index contributed by atoms with van der Waals surface area (Å²) in [6.45, 7) is 4.24. The summed E-state index contributed by atoms with van der Waals surface area (Å²) < 4.78 is 5.85. The summed E-state index contributed by atoms with van der Waals surface area (Å²) >= 11 is 12.9. The van der Waals surface area contributed by atoms with Crippen LogP contribution in [0.1, 0.15) is 37.0 Å². The van der Waals surface area contributed by atoms with E-state index in [0.717, 1.165) is 58.7 Å². The second kappa shape index (κ2) is 6.72. The molecule has 1 unspecified atom stereocenters. The SMILES string of the molecule is CCCc1cc2c(c(-c3cc(Cl)c(CC)cc3Cl)c1)OC(N)C2. The molecule has 0 bridgehead atoms. The molecule has 0 aromatic heterocycles. The van der Waals surface area contributed by atoms with Crippen molar-refractivity contribution >= 4 is 23.2 Å². The Morgan fingerprint density at radius 2 is 1.87 bits per heavy atom. The van der Waals surface area contributed by atoms with Crippen molar-refractivity contribution in [2.75, 3.05) is 0 Å². The summed E-state index contributed by atoms with van der Waals surface area (Å²) in [6, 6.07) is 8.25. The molecule has 0 aliphatic carbocycles. The maximum Gasteiger partial charge on any atom is 0.151 e.